The van der Waals surface area contributed by atoms with Crippen LogP contribution in [0.5, 0.6) is 0 Å². The topological polar surface area (TPSA) is 80.3 Å². The molecule has 0 radical (unpaired) electrons. The van der Waals surface area contributed by atoms with Crippen molar-refractivity contribution in [1.82, 2.24) is 15.1 Å². The molecule has 0 aliphatic rings. The molecule has 6 heteroatoms. The maximum absolute atomic E-state index is 11.6. The number of nitrogens with zero attached hydrogens (tertiary/aromatic N) is 2. The highest BCUT2D eigenvalue weighted by Crippen LogP contribution is 2.09. The van der Waals surface area contributed by atoms with E-state index in [2.05, 4.69) is 10.4 Å². The van der Waals surface area contributed by atoms with Crippen LogP contribution in [0, 0.1) is 0 Å². The Kier molecular flexibility index (Phi) is 3.78. The number of rotatable bonds is 5. The average molecular weight is 249 g/mol. The summed E-state index contributed by atoms with van der Waals surface area (Å²) in [5, 5.41) is 15.7. The third kappa shape index (κ3) is 3.21. The van der Waals surface area contributed by atoms with Crippen LogP contribution in [0.25, 0.3) is 0 Å². The zero-order valence-electron chi connectivity index (χ0n) is 10.0. The molecule has 0 unspecified atom stereocenters. The molecule has 0 bridgehead atoms. The highest BCUT2D eigenvalue weighted by atomic mass is 16.4. The molecule has 0 spiro atoms. The summed E-state index contributed by atoms with van der Waals surface area (Å²) < 4.78 is 7.10. The second kappa shape index (κ2) is 5.50. The first-order valence-corrected chi connectivity index (χ1v) is 5.67. The first-order valence-electron chi connectivity index (χ1n) is 5.67. The van der Waals surface area contributed by atoms with Gasteiger partial charge < -0.3 is 14.8 Å². The van der Waals surface area contributed by atoms with E-state index in [4.69, 9.17) is 9.52 Å². The molecule has 0 aliphatic heterocycles. The number of hydrogen-bond acceptors (Lipinski definition) is 4. The lowest BCUT2D eigenvalue weighted by Crippen LogP contribution is -2.30. The van der Waals surface area contributed by atoms with Gasteiger partial charge in [0.1, 0.15) is 5.76 Å². The smallest absolute Gasteiger partial charge is 0.287 e. The second-order valence-corrected chi connectivity index (χ2v) is 4.03. The molecule has 2 rings (SSSR count). The molecule has 0 aliphatic carbocycles. The molecular weight excluding hydrogens is 234 g/mol. The van der Waals surface area contributed by atoms with E-state index in [1.807, 2.05) is 12.3 Å². The van der Waals surface area contributed by atoms with E-state index < -0.39 is 6.10 Å². The molecule has 1 amide bonds. The first kappa shape index (κ1) is 12.4. The van der Waals surface area contributed by atoms with Gasteiger partial charge in [-0.1, -0.05) is 0 Å². The van der Waals surface area contributed by atoms with Gasteiger partial charge in [0, 0.05) is 18.9 Å². The van der Waals surface area contributed by atoms with Gasteiger partial charge in [-0.25, -0.2) is 0 Å². The molecule has 2 heterocycles. The largest absolute Gasteiger partial charge is 0.454 e. The fourth-order valence-electron chi connectivity index (χ4n) is 1.47. The van der Waals surface area contributed by atoms with Gasteiger partial charge in [0.2, 0.25) is 0 Å². The van der Waals surface area contributed by atoms with Crippen molar-refractivity contribution in [2.75, 3.05) is 6.54 Å². The van der Waals surface area contributed by atoms with Crippen molar-refractivity contribution < 1.29 is 14.3 Å². The average Bonchev–Trinajstić information content (AvgIpc) is 2.98. The summed E-state index contributed by atoms with van der Waals surface area (Å²) in [6, 6.07) is 5.16. The van der Waals surface area contributed by atoms with Gasteiger partial charge >= 0.3 is 0 Å². The van der Waals surface area contributed by atoms with Crippen LogP contribution < -0.4 is 5.32 Å². The second-order valence-electron chi connectivity index (χ2n) is 4.03. The summed E-state index contributed by atoms with van der Waals surface area (Å²) in [6.07, 6.45) is 2.92. The van der Waals surface area contributed by atoms with Crippen molar-refractivity contribution in [1.29, 1.82) is 0 Å². The summed E-state index contributed by atoms with van der Waals surface area (Å²) in [4.78, 5) is 11.6. The number of aliphatic hydroxyl groups excluding tert-OH is 1. The van der Waals surface area contributed by atoms with Crippen molar-refractivity contribution in [2.45, 2.75) is 19.6 Å². The number of carbonyl (C=O) groups is 1. The molecular formula is C12H15N3O3. The quantitative estimate of drug-likeness (QED) is 0.814. The van der Waals surface area contributed by atoms with Crippen LogP contribution in [0.15, 0.2) is 35.0 Å². The fourth-order valence-corrected chi connectivity index (χ4v) is 1.47. The van der Waals surface area contributed by atoms with Crippen LogP contribution in [0.3, 0.4) is 0 Å². The summed E-state index contributed by atoms with van der Waals surface area (Å²) in [7, 11) is 0. The molecule has 96 valence electrons. The summed E-state index contributed by atoms with van der Waals surface area (Å²) in [5.74, 6) is 0.557. The van der Waals surface area contributed by atoms with Crippen molar-refractivity contribution in [3.8, 4) is 0 Å². The van der Waals surface area contributed by atoms with E-state index in [1.54, 1.807) is 29.9 Å². The minimum absolute atomic E-state index is 0.202. The van der Waals surface area contributed by atoms with Crippen LogP contribution in [-0.4, -0.2) is 33.4 Å². The van der Waals surface area contributed by atoms with Gasteiger partial charge in [0.05, 0.1) is 12.6 Å². The van der Waals surface area contributed by atoms with E-state index in [-0.39, 0.29) is 18.2 Å². The van der Waals surface area contributed by atoms with Gasteiger partial charge in [-0.2, -0.15) is 5.10 Å². The maximum atomic E-state index is 11.6. The van der Waals surface area contributed by atoms with Crippen LogP contribution in [0.4, 0.5) is 0 Å². The Labute approximate surface area is 104 Å². The van der Waals surface area contributed by atoms with Gasteiger partial charge in [0.15, 0.2) is 5.76 Å². The monoisotopic (exact) mass is 249 g/mol. The van der Waals surface area contributed by atoms with Crippen LogP contribution in [0.1, 0.15) is 23.2 Å². The molecule has 6 nitrogen and oxygen atoms in total. The van der Waals surface area contributed by atoms with Gasteiger partial charge in [-0.15, -0.1) is 0 Å². The van der Waals surface area contributed by atoms with Crippen molar-refractivity contribution >= 4 is 5.91 Å². The molecule has 0 fully saturated rings. The third-order valence-corrected chi connectivity index (χ3v) is 2.32. The first-order chi connectivity index (χ1) is 8.65. The van der Waals surface area contributed by atoms with E-state index in [9.17, 15) is 4.79 Å². The van der Waals surface area contributed by atoms with Gasteiger partial charge in [-0.3, -0.25) is 9.48 Å². The normalized spacial score (nSPS) is 12.3. The predicted octanol–water partition coefficient (Wildman–Crippen LogP) is 0.635. The lowest BCUT2D eigenvalue weighted by molar-refractivity contribution is 0.0894. The van der Waals surface area contributed by atoms with Crippen LogP contribution >= 0.6 is 0 Å². The minimum atomic E-state index is -0.576. The number of carbonyl (C=O) groups excluding carboxylic acids is 1. The lowest BCUT2D eigenvalue weighted by Gasteiger charge is -2.04. The molecule has 2 N–H and O–H groups in total. The number of aromatic nitrogens is 2. The third-order valence-electron chi connectivity index (χ3n) is 2.32. The van der Waals surface area contributed by atoms with Gasteiger partial charge in [-0.05, 0) is 25.1 Å². The van der Waals surface area contributed by atoms with E-state index in [0.717, 1.165) is 0 Å². The molecule has 2 aromatic heterocycles. The number of hydrogen-bond donors (Lipinski definition) is 2. The van der Waals surface area contributed by atoms with Crippen LogP contribution in [0.2, 0.25) is 0 Å². The number of aliphatic hydroxyl groups is 1. The molecule has 0 saturated heterocycles. The molecule has 2 aromatic rings. The summed E-state index contributed by atoms with van der Waals surface area (Å²) in [5.41, 5.74) is 0. The zero-order chi connectivity index (χ0) is 13.0. The highest BCUT2D eigenvalue weighted by molar-refractivity contribution is 5.91. The predicted molar refractivity (Wildman–Crippen MR) is 64.1 cm³/mol. The van der Waals surface area contributed by atoms with Crippen molar-refractivity contribution in [2.24, 2.45) is 0 Å². The Bertz CT molecular complexity index is 502. The van der Waals surface area contributed by atoms with Crippen molar-refractivity contribution in [3.63, 3.8) is 0 Å². The number of nitrogens with one attached hydrogen (secondary N) is 1. The standard InChI is InChI=1S/C12H15N3O3/c1-9(16)7-13-12(17)11-4-3-10(18-11)8-15-6-2-5-14-15/h2-6,9,16H,7-8H2,1H3,(H,13,17)/t9-/m0/s1. The van der Waals surface area contributed by atoms with Crippen molar-refractivity contribution in [3.05, 3.63) is 42.1 Å². The Balaban J connectivity index is 1.95. The lowest BCUT2D eigenvalue weighted by atomic mass is 10.3. The SMILES string of the molecule is C[C@H](O)CNC(=O)c1ccc(Cn2cccn2)o1. The zero-order valence-corrected chi connectivity index (χ0v) is 10.0. The Morgan fingerprint density at radius 1 is 1.61 bits per heavy atom. The van der Waals surface area contributed by atoms with E-state index in [0.29, 0.717) is 12.3 Å². The Morgan fingerprint density at radius 2 is 2.44 bits per heavy atom. The number of furan rings is 1. The summed E-state index contributed by atoms with van der Waals surface area (Å²) in [6.45, 7) is 2.29. The Hall–Kier alpha value is -2.08. The van der Waals surface area contributed by atoms with E-state index in [1.165, 1.54) is 0 Å². The molecule has 1 atom stereocenters. The van der Waals surface area contributed by atoms with Gasteiger partial charge in [0.25, 0.3) is 5.91 Å². The van der Waals surface area contributed by atoms with Crippen LogP contribution in [-0.2, 0) is 6.54 Å². The highest BCUT2D eigenvalue weighted by Gasteiger charge is 2.11. The maximum Gasteiger partial charge on any atom is 0.287 e. The summed E-state index contributed by atoms with van der Waals surface area (Å²) >= 11 is 0. The molecule has 0 saturated carbocycles. The minimum Gasteiger partial charge on any atom is -0.454 e. The molecule has 18 heavy (non-hydrogen) atoms. The molecule has 0 aromatic carbocycles. The Morgan fingerprint density at radius 3 is 3.11 bits per heavy atom. The van der Waals surface area contributed by atoms with E-state index >= 15 is 0 Å². The fraction of sp³-hybridized carbons (Fsp3) is 0.333. The number of amides is 1.